The van der Waals surface area contributed by atoms with Crippen LogP contribution in [0.5, 0.6) is 0 Å². The zero-order valence-electron chi connectivity index (χ0n) is 10.5. The van der Waals surface area contributed by atoms with Gasteiger partial charge in [-0.3, -0.25) is 14.7 Å². The van der Waals surface area contributed by atoms with E-state index in [1.165, 1.54) is 4.68 Å². The molecule has 0 aliphatic heterocycles. The summed E-state index contributed by atoms with van der Waals surface area (Å²) >= 11 is 9.42. The van der Waals surface area contributed by atoms with Crippen LogP contribution in [0.15, 0.2) is 32.3 Å². The molecule has 0 fully saturated rings. The first-order valence-corrected chi connectivity index (χ1v) is 6.81. The molecule has 0 aliphatic carbocycles. The second-order valence-electron chi connectivity index (χ2n) is 4.32. The predicted octanol–water partition coefficient (Wildman–Crippen LogP) is 2.62. The van der Waals surface area contributed by atoms with Gasteiger partial charge in [-0.05, 0) is 31.5 Å². The fourth-order valence-corrected chi connectivity index (χ4v) is 2.46. The number of nitrogens with one attached hydrogen (secondary N) is 1. The maximum absolute atomic E-state index is 12.1. The van der Waals surface area contributed by atoms with Crippen LogP contribution in [0.2, 0.25) is 5.02 Å². The highest BCUT2D eigenvalue weighted by Crippen LogP contribution is 2.21. The molecule has 0 atom stereocenters. The lowest BCUT2D eigenvalue weighted by molar-refractivity contribution is 0.618. The zero-order chi connectivity index (χ0) is 14.2. The predicted molar refractivity (Wildman–Crippen MR) is 79.1 cm³/mol. The van der Waals surface area contributed by atoms with Gasteiger partial charge in [-0.1, -0.05) is 33.6 Å². The Morgan fingerprint density at radius 1 is 1.26 bits per heavy atom. The largest absolute Gasteiger partial charge is 0.268 e. The molecule has 0 unspecified atom stereocenters. The summed E-state index contributed by atoms with van der Waals surface area (Å²) in [7, 11) is 0. The van der Waals surface area contributed by atoms with Gasteiger partial charge in [-0.25, -0.2) is 4.68 Å². The van der Waals surface area contributed by atoms with Gasteiger partial charge in [0.15, 0.2) is 0 Å². The van der Waals surface area contributed by atoms with Crippen LogP contribution in [-0.2, 0) is 6.54 Å². The minimum Gasteiger partial charge on any atom is -0.268 e. The van der Waals surface area contributed by atoms with Crippen LogP contribution < -0.4 is 11.1 Å². The van der Waals surface area contributed by atoms with E-state index in [4.69, 9.17) is 11.6 Å². The Kier molecular flexibility index (Phi) is 3.96. The maximum Gasteiger partial charge on any atom is 0.268 e. The summed E-state index contributed by atoms with van der Waals surface area (Å²) in [5.74, 6) is 0. The van der Waals surface area contributed by atoms with E-state index in [0.29, 0.717) is 16.1 Å². The number of rotatable bonds is 2. The highest BCUT2D eigenvalue weighted by molar-refractivity contribution is 9.10. The lowest BCUT2D eigenvalue weighted by Gasteiger charge is -2.09. The molecule has 0 amide bonds. The van der Waals surface area contributed by atoms with Crippen molar-refractivity contribution in [2.45, 2.75) is 20.4 Å². The van der Waals surface area contributed by atoms with Gasteiger partial charge in [0.2, 0.25) is 0 Å². The molecule has 2 aromatic rings. The molecule has 2 rings (SSSR count). The van der Waals surface area contributed by atoms with Crippen molar-refractivity contribution < 1.29 is 0 Å². The third-order valence-electron chi connectivity index (χ3n) is 3.05. The van der Waals surface area contributed by atoms with Gasteiger partial charge in [0.05, 0.1) is 6.54 Å². The van der Waals surface area contributed by atoms with E-state index >= 15 is 0 Å². The Balaban J connectivity index is 2.50. The van der Waals surface area contributed by atoms with Gasteiger partial charge in [0, 0.05) is 20.6 Å². The minimum atomic E-state index is -0.259. The van der Waals surface area contributed by atoms with Crippen molar-refractivity contribution in [1.29, 1.82) is 0 Å². The molecule has 0 bridgehead atoms. The Hall–Kier alpha value is -1.33. The molecule has 1 aromatic heterocycles. The van der Waals surface area contributed by atoms with Crippen LogP contribution in [0, 0.1) is 13.8 Å². The number of hydrogen-bond donors (Lipinski definition) is 1. The van der Waals surface area contributed by atoms with Crippen molar-refractivity contribution in [2.24, 2.45) is 0 Å². The van der Waals surface area contributed by atoms with Crippen molar-refractivity contribution in [1.82, 2.24) is 9.78 Å². The SMILES string of the molecule is Cc1c(C)c(=O)n(Cc2ccc(Br)cc2Cl)[nH]c1=O. The van der Waals surface area contributed by atoms with Crippen LogP contribution in [0.1, 0.15) is 16.7 Å². The molecular weight excluding hydrogens is 332 g/mol. The number of hydrogen-bond acceptors (Lipinski definition) is 2. The zero-order valence-corrected chi connectivity index (χ0v) is 12.8. The molecule has 0 saturated carbocycles. The van der Waals surface area contributed by atoms with Gasteiger partial charge in [-0.2, -0.15) is 0 Å². The van der Waals surface area contributed by atoms with Crippen LogP contribution in [0.4, 0.5) is 0 Å². The van der Waals surface area contributed by atoms with E-state index in [1.54, 1.807) is 19.9 Å². The Morgan fingerprint density at radius 3 is 2.58 bits per heavy atom. The first-order chi connectivity index (χ1) is 8.90. The van der Waals surface area contributed by atoms with Crippen LogP contribution >= 0.6 is 27.5 Å². The third kappa shape index (κ3) is 2.82. The third-order valence-corrected chi connectivity index (χ3v) is 3.89. The van der Waals surface area contributed by atoms with E-state index in [0.717, 1.165) is 10.0 Å². The number of H-pyrrole nitrogens is 1. The molecule has 6 heteroatoms. The molecule has 0 spiro atoms. The van der Waals surface area contributed by atoms with Gasteiger partial charge in [-0.15, -0.1) is 0 Å². The first kappa shape index (κ1) is 14.1. The molecule has 1 N–H and O–H groups in total. The molecule has 4 nitrogen and oxygen atoms in total. The lowest BCUT2D eigenvalue weighted by atomic mass is 10.2. The number of benzene rings is 1. The second-order valence-corrected chi connectivity index (χ2v) is 5.64. The molecule has 0 radical (unpaired) electrons. The molecule has 0 saturated heterocycles. The molecule has 100 valence electrons. The molecule has 0 aliphatic rings. The highest BCUT2D eigenvalue weighted by atomic mass is 79.9. The second kappa shape index (κ2) is 5.35. The van der Waals surface area contributed by atoms with Crippen molar-refractivity contribution in [3.8, 4) is 0 Å². The van der Waals surface area contributed by atoms with E-state index < -0.39 is 0 Å². The number of aromatic nitrogens is 2. The van der Waals surface area contributed by atoms with Crippen molar-refractivity contribution in [3.63, 3.8) is 0 Å². The fourth-order valence-electron chi connectivity index (χ4n) is 1.72. The number of halogens is 2. The Bertz CT molecular complexity index is 749. The molecule has 1 heterocycles. The Morgan fingerprint density at radius 2 is 1.95 bits per heavy atom. The summed E-state index contributed by atoms with van der Waals surface area (Å²) in [5, 5.41) is 3.10. The normalized spacial score (nSPS) is 10.7. The van der Waals surface area contributed by atoms with Gasteiger partial charge >= 0.3 is 0 Å². The molecular formula is C13H12BrClN2O2. The summed E-state index contributed by atoms with van der Waals surface area (Å²) in [5.41, 5.74) is 1.20. The van der Waals surface area contributed by atoms with Crippen LogP contribution in [0.3, 0.4) is 0 Å². The van der Waals surface area contributed by atoms with Crippen molar-refractivity contribution >= 4 is 27.5 Å². The lowest BCUT2D eigenvalue weighted by Crippen LogP contribution is -2.33. The summed E-state index contributed by atoms with van der Waals surface area (Å²) in [6.45, 7) is 3.51. The smallest absolute Gasteiger partial charge is 0.268 e. The van der Waals surface area contributed by atoms with E-state index in [-0.39, 0.29) is 17.7 Å². The topological polar surface area (TPSA) is 54.9 Å². The van der Waals surface area contributed by atoms with Crippen LogP contribution in [0.25, 0.3) is 0 Å². The van der Waals surface area contributed by atoms with E-state index in [9.17, 15) is 9.59 Å². The minimum absolute atomic E-state index is 0.212. The summed E-state index contributed by atoms with van der Waals surface area (Å²) in [4.78, 5) is 23.8. The van der Waals surface area contributed by atoms with Crippen molar-refractivity contribution in [2.75, 3.05) is 0 Å². The van der Waals surface area contributed by atoms with Gasteiger partial charge < -0.3 is 0 Å². The summed E-state index contributed by atoms with van der Waals surface area (Å²) in [6, 6.07) is 5.40. The summed E-state index contributed by atoms with van der Waals surface area (Å²) < 4.78 is 2.14. The fraction of sp³-hybridized carbons (Fsp3) is 0.231. The number of nitrogens with zero attached hydrogens (tertiary/aromatic N) is 1. The molecule has 1 aromatic carbocycles. The van der Waals surface area contributed by atoms with E-state index in [1.807, 2.05) is 12.1 Å². The van der Waals surface area contributed by atoms with Gasteiger partial charge in [0.25, 0.3) is 11.1 Å². The average molecular weight is 344 g/mol. The number of aromatic amines is 1. The highest BCUT2D eigenvalue weighted by Gasteiger charge is 2.09. The Labute approximate surface area is 123 Å². The molecule has 19 heavy (non-hydrogen) atoms. The maximum atomic E-state index is 12.1. The van der Waals surface area contributed by atoms with Crippen LogP contribution in [-0.4, -0.2) is 9.78 Å². The van der Waals surface area contributed by atoms with Gasteiger partial charge in [0.1, 0.15) is 0 Å². The summed E-state index contributed by atoms with van der Waals surface area (Å²) in [6.07, 6.45) is 0. The van der Waals surface area contributed by atoms with Crippen molar-refractivity contribution in [3.05, 3.63) is 65.1 Å². The average Bonchev–Trinajstić information content (AvgIpc) is 2.36. The standard InChI is InChI=1S/C13H12BrClN2O2/c1-7-8(2)13(19)17(16-12(7)18)6-9-3-4-10(14)5-11(9)15/h3-5H,6H2,1-2H3,(H,16,18). The monoisotopic (exact) mass is 342 g/mol. The van der Waals surface area contributed by atoms with E-state index in [2.05, 4.69) is 21.0 Å². The quantitative estimate of drug-likeness (QED) is 0.911. The first-order valence-electron chi connectivity index (χ1n) is 5.64.